The minimum Gasteiger partial charge on any atom is -0.368 e. The molecule has 1 saturated heterocycles. The molecular formula is C23H31N5. The molecule has 0 unspecified atom stereocenters. The maximum atomic E-state index is 6.13. The molecule has 1 aromatic carbocycles. The van der Waals surface area contributed by atoms with Crippen LogP contribution in [0.15, 0.2) is 24.3 Å². The van der Waals surface area contributed by atoms with Crippen LogP contribution < -0.4 is 11.1 Å². The number of rotatable bonds is 4. The highest BCUT2D eigenvalue weighted by atomic mass is 15.2. The second-order valence-electron chi connectivity index (χ2n) is 8.78. The number of aromatic nitrogens is 2. The molecule has 1 saturated carbocycles. The summed E-state index contributed by atoms with van der Waals surface area (Å²) < 4.78 is 0. The monoisotopic (exact) mass is 377 g/mol. The van der Waals surface area contributed by atoms with Crippen molar-refractivity contribution in [2.75, 3.05) is 30.7 Å². The number of nitrogens with zero attached hydrogens (tertiary/aromatic N) is 3. The van der Waals surface area contributed by atoms with Crippen molar-refractivity contribution < 1.29 is 0 Å². The SMILES string of the molecule is Nc1nc(N[C@H]2CC[C@H](CN3CCC3)CC2)c2c(n1)-c1ccccc1CCC2. The summed E-state index contributed by atoms with van der Waals surface area (Å²) in [4.78, 5) is 11.9. The average molecular weight is 378 g/mol. The maximum absolute atomic E-state index is 6.13. The quantitative estimate of drug-likeness (QED) is 0.846. The van der Waals surface area contributed by atoms with Gasteiger partial charge < -0.3 is 16.0 Å². The molecule has 2 heterocycles. The van der Waals surface area contributed by atoms with Crippen molar-refractivity contribution in [2.24, 2.45) is 5.92 Å². The molecule has 5 nitrogen and oxygen atoms in total. The molecule has 2 aromatic rings. The number of nitrogens with one attached hydrogen (secondary N) is 1. The lowest BCUT2D eigenvalue weighted by molar-refractivity contribution is 0.134. The summed E-state index contributed by atoms with van der Waals surface area (Å²) in [6.45, 7) is 3.93. The van der Waals surface area contributed by atoms with E-state index in [-0.39, 0.29) is 0 Å². The molecule has 2 fully saturated rings. The zero-order valence-electron chi connectivity index (χ0n) is 16.7. The standard InChI is InChI=1S/C23H31N5/c24-23-26-21-19-7-2-1-5-17(19)6-3-8-20(21)22(27-23)25-18-11-9-16(10-12-18)15-28-13-4-14-28/h1-2,5,7,16,18H,3-4,6,8-15H2,(H3,24,25,26,27)/t16-,18-. The number of nitrogen functional groups attached to an aromatic ring is 1. The fraction of sp³-hybridized carbons (Fsp3) is 0.565. The van der Waals surface area contributed by atoms with Crippen LogP contribution in [0.3, 0.4) is 0 Å². The molecule has 28 heavy (non-hydrogen) atoms. The Bertz CT molecular complexity index is 837. The van der Waals surface area contributed by atoms with E-state index in [1.54, 1.807) is 0 Å². The normalized spacial score (nSPS) is 24.6. The molecular weight excluding hydrogens is 346 g/mol. The van der Waals surface area contributed by atoms with E-state index in [2.05, 4.69) is 44.5 Å². The van der Waals surface area contributed by atoms with Gasteiger partial charge in [0.1, 0.15) is 5.82 Å². The highest BCUT2D eigenvalue weighted by Crippen LogP contribution is 2.36. The number of anilines is 2. The topological polar surface area (TPSA) is 67.1 Å². The molecule has 0 radical (unpaired) electrons. The van der Waals surface area contributed by atoms with E-state index in [0.717, 1.165) is 36.7 Å². The minimum absolute atomic E-state index is 0.379. The molecule has 0 spiro atoms. The molecule has 0 bridgehead atoms. The van der Waals surface area contributed by atoms with Crippen molar-refractivity contribution in [3.05, 3.63) is 35.4 Å². The van der Waals surface area contributed by atoms with Crippen LogP contribution in [-0.4, -0.2) is 40.5 Å². The molecule has 0 atom stereocenters. The lowest BCUT2D eigenvalue weighted by atomic mass is 9.85. The van der Waals surface area contributed by atoms with E-state index < -0.39 is 0 Å². The summed E-state index contributed by atoms with van der Waals surface area (Å²) in [6.07, 6.45) is 9.72. The van der Waals surface area contributed by atoms with Crippen LogP contribution in [0.4, 0.5) is 11.8 Å². The number of fused-ring (bicyclic) bond motifs is 3. The highest BCUT2D eigenvalue weighted by Gasteiger charge is 2.27. The van der Waals surface area contributed by atoms with Gasteiger partial charge in [-0.05, 0) is 75.9 Å². The van der Waals surface area contributed by atoms with E-state index in [9.17, 15) is 0 Å². The van der Waals surface area contributed by atoms with E-state index in [4.69, 9.17) is 5.73 Å². The van der Waals surface area contributed by atoms with Crippen LogP contribution >= 0.6 is 0 Å². The van der Waals surface area contributed by atoms with Crippen molar-refractivity contribution in [2.45, 2.75) is 57.4 Å². The van der Waals surface area contributed by atoms with E-state index in [0.29, 0.717) is 12.0 Å². The minimum atomic E-state index is 0.379. The van der Waals surface area contributed by atoms with Gasteiger partial charge in [0, 0.05) is 23.7 Å². The zero-order chi connectivity index (χ0) is 18.9. The van der Waals surface area contributed by atoms with Gasteiger partial charge in [-0.2, -0.15) is 4.98 Å². The highest BCUT2D eigenvalue weighted by molar-refractivity contribution is 5.73. The third kappa shape index (κ3) is 3.60. The lowest BCUT2D eigenvalue weighted by Crippen LogP contribution is -2.42. The second-order valence-corrected chi connectivity index (χ2v) is 8.78. The Morgan fingerprint density at radius 1 is 1.00 bits per heavy atom. The van der Waals surface area contributed by atoms with E-state index in [1.807, 2.05) is 0 Å². The van der Waals surface area contributed by atoms with Crippen LogP contribution in [0.2, 0.25) is 0 Å². The molecule has 5 rings (SSSR count). The fourth-order valence-electron chi connectivity index (χ4n) is 5.12. The van der Waals surface area contributed by atoms with Gasteiger partial charge in [-0.1, -0.05) is 24.3 Å². The molecule has 3 N–H and O–H groups in total. The van der Waals surface area contributed by atoms with Gasteiger partial charge >= 0.3 is 0 Å². The van der Waals surface area contributed by atoms with E-state index in [1.165, 1.54) is 68.4 Å². The maximum Gasteiger partial charge on any atom is 0.222 e. The summed E-state index contributed by atoms with van der Waals surface area (Å²) in [7, 11) is 0. The summed E-state index contributed by atoms with van der Waals surface area (Å²) in [5.41, 5.74) is 11.0. The zero-order valence-corrected chi connectivity index (χ0v) is 16.7. The largest absolute Gasteiger partial charge is 0.368 e. The Labute approximate surface area is 167 Å². The van der Waals surface area contributed by atoms with Gasteiger partial charge in [0.2, 0.25) is 5.95 Å². The average Bonchev–Trinajstić information content (AvgIpc) is 2.86. The third-order valence-electron chi connectivity index (χ3n) is 6.82. The van der Waals surface area contributed by atoms with Crippen molar-refractivity contribution >= 4 is 11.8 Å². The Kier molecular flexibility index (Phi) is 4.93. The van der Waals surface area contributed by atoms with Crippen molar-refractivity contribution in [3.8, 4) is 11.3 Å². The summed E-state index contributed by atoms with van der Waals surface area (Å²) in [6, 6.07) is 9.11. The first-order valence-electron chi connectivity index (χ1n) is 11.0. The molecule has 2 aliphatic carbocycles. The van der Waals surface area contributed by atoms with Gasteiger partial charge in [-0.15, -0.1) is 0 Å². The van der Waals surface area contributed by atoms with Gasteiger partial charge in [-0.25, -0.2) is 4.98 Å². The first kappa shape index (κ1) is 17.9. The number of hydrogen-bond donors (Lipinski definition) is 2. The number of hydrogen-bond acceptors (Lipinski definition) is 5. The van der Waals surface area contributed by atoms with E-state index >= 15 is 0 Å². The van der Waals surface area contributed by atoms with Crippen molar-refractivity contribution in [1.82, 2.24) is 14.9 Å². The van der Waals surface area contributed by atoms with Gasteiger partial charge in [-0.3, -0.25) is 0 Å². The number of aryl methyl sites for hydroxylation is 1. The fourth-order valence-corrected chi connectivity index (χ4v) is 5.12. The molecule has 148 valence electrons. The predicted molar refractivity (Wildman–Crippen MR) is 114 cm³/mol. The van der Waals surface area contributed by atoms with Crippen molar-refractivity contribution in [3.63, 3.8) is 0 Å². The van der Waals surface area contributed by atoms with Crippen LogP contribution in [0.25, 0.3) is 11.3 Å². The molecule has 1 aliphatic heterocycles. The predicted octanol–water partition coefficient (Wildman–Crippen LogP) is 3.89. The summed E-state index contributed by atoms with van der Waals surface area (Å²) in [5.74, 6) is 2.23. The number of benzene rings is 1. The third-order valence-corrected chi connectivity index (χ3v) is 6.82. The van der Waals surface area contributed by atoms with Crippen molar-refractivity contribution in [1.29, 1.82) is 0 Å². The summed E-state index contributed by atoms with van der Waals surface area (Å²) in [5, 5.41) is 3.77. The Balaban J connectivity index is 1.33. The van der Waals surface area contributed by atoms with Gasteiger partial charge in [0.05, 0.1) is 5.69 Å². The lowest BCUT2D eigenvalue weighted by Gasteiger charge is -2.37. The first-order valence-corrected chi connectivity index (χ1v) is 11.0. The van der Waals surface area contributed by atoms with Crippen LogP contribution in [0.5, 0.6) is 0 Å². The summed E-state index contributed by atoms with van der Waals surface area (Å²) >= 11 is 0. The van der Waals surface area contributed by atoms with Crippen LogP contribution in [0, 0.1) is 5.92 Å². The first-order chi connectivity index (χ1) is 13.8. The second kappa shape index (κ2) is 7.70. The smallest absolute Gasteiger partial charge is 0.222 e. The molecule has 0 amide bonds. The number of nitrogens with two attached hydrogens (primary N) is 1. The Morgan fingerprint density at radius 2 is 1.82 bits per heavy atom. The molecule has 3 aliphatic rings. The number of likely N-dealkylation sites (tertiary alicyclic amines) is 1. The van der Waals surface area contributed by atoms with Crippen LogP contribution in [-0.2, 0) is 12.8 Å². The van der Waals surface area contributed by atoms with Crippen LogP contribution in [0.1, 0.15) is 49.7 Å². The van der Waals surface area contributed by atoms with Gasteiger partial charge in [0.15, 0.2) is 0 Å². The Hall–Kier alpha value is -2.14. The van der Waals surface area contributed by atoms with Gasteiger partial charge in [0.25, 0.3) is 0 Å². The Morgan fingerprint density at radius 3 is 2.61 bits per heavy atom. The molecule has 5 heteroatoms. The molecule has 1 aromatic heterocycles.